The number of nitrogens with zero attached hydrogens (tertiary/aromatic N) is 2. The first kappa shape index (κ1) is 12.7. The number of aliphatic imine (C=N–C) groups is 1. The van der Waals surface area contributed by atoms with Gasteiger partial charge in [0, 0.05) is 41.3 Å². The summed E-state index contributed by atoms with van der Waals surface area (Å²) in [6.07, 6.45) is 5.75. The monoisotopic (exact) mass is 262 g/mol. The van der Waals surface area contributed by atoms with Gasteiger partial charge < -0.3 is 9.67 Å². The zero-order valence-corrected chi connectivity index (χ0v) is 11.1. The molecule has 3 nitrogen and oxygen atoms in total. The predicted molar refractivity (Wildman–Crippen MR) is 75.2 cm³/mol. The Hall–Kier alpha value is -1.74. The first-order chi connectivity index (χ1) is 8.56. The highest BCUT2D eigenvalue weighted by atomic mass is 35.5. The Morgan fingerprint density at radius 2 is 2.11 bits per heavy atom. The number of rotatable bonds is 3. The normalized spacial score (nSPS) is 11.6. The lowest BCUT2D eigenvalue weighted by molar-refractivity contribution is 0.477. The SMILES string of the molecule is CC(C)n1ccc(C=Nc2ccc(Cl)cc2O)c1. The van der Waals surface area contributed by atoms with Crippen LogP contribution in [0.2, 0.25) is 5.02 Å². The van der Waals surface area contributed by atoms with Gasteiger partial charge in [-0.05, 0) is 32.0 Å². The summed E-state index contributed by atoms with van der Waals surface area (Å²) in [4.78, 5) is 4.24. The fourth-order valence-electron chi connectivity index (χ4n) is 1.58. The van der Waals surface area contributed by atoms with Crippen molar-refractivity contribution >= 4 is 23.5 Å². The molecule has 2 aromatic rings. The zero-order chi connectivity index (χ0) is 13.1. The second kappa shape index (κ2) is 5.27. The average Bonchev–Trinajstić information content (AvgIpc) is 2.76. The van der Waals surface area contributed by atoms with Crippen LogP contribution in [0.4, 0.5) is 5.69 Å². The minimum absolute atomic E-state index is 0.0852. The third-order valence-electron chi connectivity index (χ3n) is 2.62. The molecule has 0 saturated heterocycles. The van der Waals surface area contributed by atoms with E-state index in [2.05, 4.69) is 23.4 Å². The molecule has 0 aliphatic heterocycles. The van der Waals surface area contributed by atoms with Crippen LogP contribution in [0.1, 0.15) is 25.5 Å². The molecule has 1 aromatic carbocycles. The van der Waals surface area contributed by atoms with Gasteiger partial charge in [-0.3, -0.25) is 4.99 Å². The van der Waals surface area contributed by atoms with E-state index < -0.39 is 0 Å². The molecular formula is C14H15ClN2O. The zero-order valence-electron chi connectivity index (χ0n) is 10.3. The van der Waals surface area contributed by atoms with Gasteiger partial charge in [0.15, 0.2) is 0 Å². The molecule has 0 atom stereocenters. The maximum atomic E-state index is 9.66. The maximum Gasteiger partial charge on any atom is 0.142 e. The highest BCUT2D eigenvalue weighted by Crippen LogP contribution is 2.28. The van der Waals surface area contributed by atoms with Gasteiger partial charge in [0.2, 0.25) is 0 Å². The highest BCUT2D eigenvalue weighted by Gasteiger charge is 2.00. The summed E-state index contributed by atoms with van der Waals surface area (Å²) in [7, 11) is 0. The molecule has 0 bridgehead atoms. The lowest BCUT2D eigenvalue weighted by atomic mass is 10.3. The van der Waals surface area contributed by atoms with Gasteiger partial charge in [-0.25, -0.2) is 0 Å². The molecule has 1 heterocycles. The molecule has 1 aromatic heterocycles. The van der Waals surface area contributed by atoms with E-state index in [1.54, 1.807) is 18.3 Å². The van der Waals surface area contributed by atoms with Crippen LogP contribution in [0, 0.1) is 0 Å². The van der Waals surface area contributed by atoms with E-state index in [0.29, 0.717) is 16.8 Å². The van der Waals surface area contributed by atoms with Gasteiger partial charge in [-0.2, -0.15) is 0 Å². The number of hydrogen-bond acceptors (Lipinski definition) is 2. The van der Waals surface area contributed by atoms with Crippen LogP contribution in [0.5, 0.6) is 5.75 Å². The second-order valence-electron chi connectivity index (χ2n) is 4.38. The molecule has 0 saturated carbocycles. The first-order valence-corrected chi connectivity index (χ1v) is 6.14. The Balaban J connectivity index is 2.19. The van der Waals surface area contributed by atoms with Crippen molar-refractivity contribution in [3.05, 3.63) is 47.2 Å². The summed E-state index contributed by atoms with van der Waals surface area (Å²) >= 11 is 5.76. The number of aromatic hydroxyl groups is 1. The van der Waals surface area contributed by atoms with Crippen molar-refractivity contribution in [3.8, 4) is 5.75 Å². The molecule has 0 unspecified atom stereocenters. The van der Waals surface area contributed by atoms with Gasteiger partial charge in [-0.15, -0.1) is 0 Å². The second-order valence-corrected chi connectivity index (χ2v) is 4.81. The molecule has 0 radical (unpaired) electrons. The quantitative estimate of drug-likeness (QED) is 0.828. The van der Waals surface area contributed by atoms with Crippen molar-refractivity contribution in [2.45, 2.75) is 19.9 Å². The molecule has 1 N–H and O–H groups in total. The number of benzene rings is 1. The molecular weight excluding hydrogens is 248 g/mol. The van der Waals surface area contributed by atoms with Gasteiger partial charge >= 0.3 is 0 Å². The number of hydrogen-bond donors (Lipinski definition) is 1. The molecule has 0 fully saturated rings. The van der Waals surface area contributed by atoms with Crippen LogP contribution in [0.15, 0.2) is 41.7 Å². The van der Waals surface area contributed by atoms with Crippen LogP contribution in [0.25, 0.3) is 0 Å². The van der Waals surface area contributed by atoms with Gasteiger partial charge in [0.05, 0.1) is 0 Å². The Bertz CT molecular complexity index is 573. The molecule has 0 spiro atoms. The Morgan fingerprint density at radius 3 is 2.72 bits per heavy atom. The highest BCUT2D eigenvalue weighted by molar-refractivity contribution is 6.30. The van der Waals surface area contributed by atoms with Crippen LogP contribution in [0.3, 0.4) is 0 Å². The summed E-state index contributed by atoms with van der Waals surface area (Å²) in [5, 5.41) is 10.2. The fourth-order valence-corrected chi connectivity index (χ4v) is 1.74. The third kappa shape index (κ3) is 2.93. The van der Waals surface area contributed by atoms with E-state index in [-0.39, 0.29) is 5.75 Å². The van der Waals surface area contributed by atoms with E-state index >= 15 is 0 Å². The van der Waals surface area contributed by atoms with Crippen LogP contribution in [-0.4, -0.2) is 15.9 Å². The Kier molecular flexibility index (Phi) is 3.72. The number of aromatic nitrogens is 1. The molecule has 0 aliphatic rings. The van der Waals surface area contributed by atoms with Crippen molar-refractivity contribution in [1.29, 1.82) is 0 Å². The minimum Gasteiger partial charge on any atom is -0.506 e. The minimum atomic E-state index is 0.0852. The summed E-state index contributed by atoms with van der Waals surface area (Å²) in [5.74, 6) is 0.0852. The topological polar surface area (TPSA) is 37.5 Å². The lowest BCUT2D eigenvalue weighted by Crippen LogP contribution is -1.95. The molecule has 2 rings (SSSR count). The van der Waals surface area contributed by atoms with Crippen molar-refractivity contribution < 1.29 is 5.11 Å². The van der Waals surface area contributed by atoms with Crippen LogP contribution in [-0.2, 0) is 0 Å². The summed E-state index contributed by atoms with van der Waals surface area (Å²) < 4.78 is 2.10. The van der Waals surface area contributed by atoms with Crippen molar-refractivity contribution in [2.24, 2.45) is 4.99 Å². The fraction of sp³-hybridized carbons (Fsp3) is 0.214. The standard InChI is InChI=1S/C14H15ClN2O/c1-10(2)17-6-5-11(9-17)8-16-13-4-3-12(15)7-14(13)18/h3-10,18H,1-2H3. The Labute approximate surface area is 111 Å². The number of phenols is 1. The van der Waals surface area contributed by atoms with Gasteiger partial charge in [-0.1, -0.05) is 11.6 Å². The molecule has 18 heavy (non-hydrogen) atoms. The molecule has 4 heteroatoms. The van der Waals surface area contributed by atoms with Crippen molar-refractivity contribution in [2.75, 3.05) is 0 Å². The average molecular weight is 263 g/mol. The van der Waals surface area contributed by atoms with E-state index in [0.717, 1.165) is 5.56 Å². The van der Waals surface area contributed by atoms with E-state index in [1.807, 2.05) is 18.5 Å². The van der Waals surface area contributed by atoms with Gasteiger partial charge in [0.1, 0.15) is 11.4 Å². The Morgan fingerprint density at radius 1 is 1.33 bits per heavy atom. The van der Waals surface area contributed by atoms with E-state index in [1.165, 1.54) is 6.07 Å². The molecule has 94 valence electrons. The first-order valence-electron chi connectivity index (χ1n) is 5.76. The third-order valence-corrected chi connectivity index (χ3v) is 2.86. The van der Waals surface area contributed by atoms with E-state index in [9.17, 15) is 5.11 Å². The smallest absolute Gasteiger partial charge is 0.142 e. The van der Waals surface area contributed by atoms with Crippen LogP contribution < -0.4 is 0 Å². The van der Waals surface area contributed by atoms with E-state index in [4.69, 9.17) is 11.6 Å². The molecule has 0 aliphatic carbocycles. The lowest BCUT2D eigenvalue weighted by Gasteiger charge is -2.04. The summed E-state index contributed by atoms with van der Waals surface area (Å²) in [6, 6.07) is 7.28. The van der Waals surface area contributed by atoms with Gasteiger partial charge in [0.25, 0.3) is 0 Å². The number of halogens is 1. The van der Waals surface area contributed by atoms with Crippen molar-refractivity contribution in [3.63, 3.8) is 0 Å². The van der Waals surface area contributed by atoms with Crippen LogP contribution >= 0.6 is 11.6 Å². The van der Waals surface area contributed by atoms with Crippen molar-refractivity contribution in [1.82, 2.24) is 4.57 Å². The molecule has 0 amide bonds. The predicted octanol–water partition coefficient (Wildman–Crippen LogP) is 4.18. The number of phenolic OH excluding ortho intramolecular Hbond substituents is 1. The largest absolute Gasteiger partial charge is 0.506 e. The summed E-state index contributed by atoms with van der Waals surface area (Å²) in [6.45, 7) is 4.23. The maximum absolute atomic E-state index is 9.66. The summed E-state index contributed by atoms with van der Waals surface area (Å²) in [5.41, 5.74) is 1.51.